The SMILES string of the molecule is O=C1NC(=O)N(c2ccc(Cl)cc2)C(=O)[C@H]1C=Nc1ccc(Br)cc1. The first-order valence-electron chi connectivity index (χ1n) is 7.20. The summed E-state index contributed by atoms with van der Waals surface area (Å²) < 4.78 is 0.887. The molecule has 4 amide bonds. The van der Waals surface area contributed by atoms with Gasteiger partial charge in [-0.2, -0.15) is 0 Å². The zero-order valence-electron chi connectivity index (χ0n) is 12.6. The van der Waals surface area contributed by atoms with Crippen molar-refractivity contribution in [2.75, 3.05) is 4.90 Å². The molecule has 0 spiro atoms. The maximum atomic E-state index is 12.6. The Morgan fingerprint density at radius 2 is 1.68 bits per heavy atom. The van der Waals surface area contributed by atoms with Crippen LogP contribution < -0.4 is 10.2 Å². The van der Waals surface area contributed by atoms with Gasteiger partial charge in [-0.15, -0.1) is 0 Å². The third-order valence-corrected chi connectivity index (χ3v) is 4.27. The van der Waals surface area contributed by atoms with Crippen LogP contribution in [0.4, 0.5) is 16.2 Å². The van der Waals surface area contributed by atoms with Crippen molar-refractivity contribution in [2.24, 2.45) is 10.9 Å². The quantitative estimate of drug-likeness (QED) is 0.607. The van der Waals surface area contributed by atoms with Crippen molar-refractivity contribution in [3.8, 4) is 0 Å². The lowest BCUT2D eigenvalue weighted by Gasteiger charge is -2.28. The molecule has 0 saturated carbocycles. The molecule has 2 aromatic rings. The normalized spacial score (nSPS) is 17.9. The standard InChI is InChI=1S/C17H11BrClN3O3/c18-10-1-5-12(6-2-10)20-9-14-15(23)21-17(25)22(16(14)24)13-7-3-11(19)4-8-13/h1-9,14H,(H,21,23,25)/t14-/m0/s1. The van der Waals surface area contributed by atoms with E-state index >= 15 is 0 Å². The number of carbonyl (C=O) groups is 3. The second kappa shape index (κ2) is 7.16. The van der Waals surface area contributed by atoms with Crippen LogP contribution in [0.15, 0.2) is 58.0 Å². The molecule has 2 aromatic carbocycles. The summed E-state index contributed by atoms with van der Waals surface area (Å²) in [5, 5.41) is 2.63. The molecule has 1 aliphatic heterocycles. The van der Waals surface area contributed by atoms with Gasteiger partial charge in [-0.3, -0.25) is 19.9 Å². The third-order valence-electron chi connectivity index (χ3n) is 3.49. The Bertz CT molecular complexity index is 866. The minimum atomic E-state index is -1.20. The topological polar surface area (TPSA) is 78.8 Å². The van der Waals surface area contributed by atoms with Crippen LogP contribution in [0.1, 0.15) is 0 Å². The number of imide groups is 2. The van der Waals surface area contributed by atoms with E-state index in [4.69, 9.17) is 11.6 Å². The van der Waals surface area contributed by atoms with E-state index in [1.54, 1.807) is 36.4 Å². The van der Waals surface area contributed by atoms with E-state index in [2.05, 4.69) is 26.2 Å². The molecule has 0 radical (unpaired) electrons. The second-order valence-electron chi connectivity index (χ2n) is 5.18. The Morgan fingerprint density at radius 3 is 2.32 bits per heavy atom. The second-order valence-corrected chi connectivity index (χ2v) is 6.53. The van der Waals surface area contributed by atoms with Crippen LogP contribution in [0, 0.1) is 5.92 Å². The summed E-state index contributed by atoms with van der Waals surface area (Å²) in [6, 6.07) is 12.4. The molecule has 8 heteroatoms. The molecule has 1 N–H and O–H groups in total. The van der Waals surface area contributed by atoms with Crippen molar-refractivity contribution in [1.82, 2.24) is 5.32 Å². The first-order valence-corrected chi connectivity index (χ1v) is 8.37. The predicted molar refractivity (Wildman–Crippen MR) is 98.3 cm³/mol. The first kappa shape index (κ1) is 17.3. The highest BCUT2D eigenvalue weighted by atomic mass is 79.9. The smallest absolute Gasteiger partial charge is 0.276 e. The molecule has 1 saturated heterocycles. The molecule has 0 unspecified atom stereocenters. The number of halogens is 2. The van der Waals surface area contributed by atoms with Crippen LogP contribution in [0.2, 0.25) is 5.02 Å². The van der Waals surface area contributed by atoms with Crippen LogP contribution in [-0.2, 0) is 9.59 Å². The van der Waals surface area contributed by atoms with Crippen LogP contribution in [0.5, 0.6) is 0 Å². The summed E-state index contributed by atoms with van der Waals surface area (Å²) >= 11 is 9.14. The van der Waals surface area contributed by atoms with Gasteiger partial charge in [0.2, 0.25) is 5.91 Å². The fraction of sp³-hybridized carbons (Fsp3) is 0.0588. The first-order chi connectivity index (χ1) is 12.0. The Balaban J connectivity index is 1.87. The summed E-state index contributed by atoms with van der Waals surface area (Å²) in [4.78, 5) is 41.7. The van der Waals surface area contributed by atoms with Crippen molar-refractivity contribution >= 4 is 63.0 Å². The minimum Gasteiger partial charge on any atom is -0.276 e. The molecule has 1 aliphatic rings. The zero-order chi connectivity index (χ0) is 18.0. The largest absolute Gasteiger partial charge is 0.335 e. The van der Waals surface area contributed by atoms with E-state index < -0.39 is 23.8 Å². The highest BCUT2D eigenvalue weighted by Crippen LogP contribution is 2.23. The van der Waals surface area contributed by atoms with E-state index in [1.807, 2.05) is 0 Å². The van der Waals surface area contributed by atoms with Crippen molar-refractivity contribution in [3.63, 3.8) is 0 Å². The number of barbiturate groups is 1. The van der Waals surface area contributed by atoms with Gasteiger partial charge in [-0.1, -0.05) is 27.5 Å². The molecule has 0 bridgehead atoms. The number of nitrogens with one attached hydrogen (secondary N) is 1. The maximum Gasteiger partial charge on any atom is 0.335 e. The van der Waals surface area contributed by atoms with Gasteiger partial charge < -0.3 is 0 Å². The summed E-state index contributed by atoms with van der Waals surface area (Å²) in [6.07, 6.45) is 1.23. The number of urea groups is 1. The monoisotopic (exact) mass is 419 g/mol. The van der Waals surface area contributed by atoms with E-state index in [-0.39, 0.29) is 0 Å². The van der Waals surface area contributed by atoms with Crippen LogP contribution in [0.3, 0.4) is 0 Å². The molecule has 3 rings (SSSR count). The van der Waals surface area contributed by atoms with Crippen molar-refractivity contribution in [3.05, 3.63) is 58.0 Å². The van der Waals surface area contributed by atoms with Crippen LogP contribution in [0.25, 0.3) is 0 Å². The maximum absolute atomic E-state index is 12.6. The van der Waals surface area contributed by atoms with Gasteiger partial charge in [0.1, 0.15) is 0 Å². The fourth-order valence-electron chi connectivity index (χ4n) is 2.24. The van der Waals surface area contributed by atoms with E-state index in [1.165, 1.54) is 18.3 Å². The average Bonchev–Trinajstić information content (AvgIpc) is 2.57. The average molecular weight is 421 g/mol. The number of hydrogen-bond acceptors (Lipinski definition) is 4. The lowest BCUT2D eigenvalue weighted by atomic mass is 10.1. The Morgan fingerprint density at radius 1 is 1.04 bits per heavy atom. The number of hydrogen-bond donors (Lipinski definition) is 1. The molecule has 1 heterocycles. The van der Waals surface area contributed by atoms with Crippen LogP contribution in [-0.4, -0.2) is 24.1 Å². The molecule has 0 aromatic heterocycles. The number of rotatable bonds is 3. The molecular formula is C17H11BrClN3O3. The van der Waals surface area contributed by atoms with E-state index in [9.17, 15) is 14.4 Å². The number of nitrogens with zero attached hydrogens (tertiary/aromatic N) is 2. The summed E-state index contributed by atoms with van der Waals surface area (Å²) in [6.45, 7) is 0. The van der Waals surface area contributed by atoms with Gasteiger partial charge in [-0.25, -0.2) is 9.69 Å². The predicted octanol–water partition coefficient (Wildman–Crippen LogP) is 3.70. The lowest BCUT2D eigenvalue weighted by molar-refractivity contribution is -0.131. The molecule has 25 heavy (non-hydrogen) atoms. The van der Waals surface area contributed by atoms with Gasteiger partial charge in [-0.05, 0) is 48.5 Å². The molecule has 0 aliphatic carbocycles. The van der Waals surface area contributed by atoms with Crippen molar-refractivity contribution in [2.45, 2.75) is 0 Å². The van der Waals surface area contributed by atoms with Crippen molar-refractivity contribution < 1.29 is 14.4 Å². The zero-order valence-corrected chi connectivity index (χ0v) is 15.0. The molecule has 6 nitrogen and oxygen atoms in total. The van der Waals surface area contributed by atoms with E-state index in [0.717, 1.165) is 9.37 Å². The minimum absolute atomic E-state index is 0.321. The lowest BCUT2D eigenvalue weighted by Crippen LogP contribution is -2.58. The third kappa shape index (κ3) is 3.78. The Hall–Kier alpha value is -2.51. The Kier molecular flexibility index (Phi) is 4.96. The fourth-order valence-corrected chi connectivity index (χ4v) is 2.63. The van der Waals surface area contributed by atoms with Crippen molar-refractivity contribution in [1.29, 1.82) is 0 Å². The number of benzene rings is 2. The summed E-state index contributed by atoms with van der Waals surface area (Å²) in [7, 11) is 0. The molecular weight excluding hydrogens is 410 g/mol. The van der Waals surface area contributed by atoms with Gasteiger partial charge in [0.25, 0.3) is 5.91 Å². The molecule has 126 valence electrons. The molecule has 1 fully saturated rings. The Labute approximate surface area is 156 Å². The molecule has 1 atom stereocenters. The highest BCUT2D eigenvalue weighted by Gasteiger charge is 2.40. The van der Waals surface area contributed by atoms with Gasteiger partial charge in [0.15, 0.2) is 5.92 Å². The number of carbonyl (C=O) groups excluding carboxylic acids is 3. The highest BCUT2D eigenvalue weighted by molar-refractivity contribution is 9.10. The van der Waals surface area contributed by atoms with E-state index in [0.29, 0.717) is 16.4 Å². The number of aliphatic imine (C=N–C) groups is 1. The van der Waals surface area contributed by atoms with Gasteiger partial charge >= 0.3 is 6.03 Å². The summed E-state index contributed by atoms with van der Waals surface area (Å²) in [5.74, 6) is -2.57. The van der Waals surface area contributed by atoms with Gasteiger partial charge in [0, 0.05) is 15.7 Å². The van der Waals surface area contributed by atoms with Crippen LogP contribution >= 0.6 is 27.5 Å². The number of anilines is 1. The van der Waals surface area contributed by atoms with Gasteiger partial charge in [0.05, 0.1) is 11.4 Å². The number of amides is 4. The summed E-state index contributed by atoms with van der Waals surface area (Å²) in [5.41, 5.74) is 0.903.